The molecule has 5 nitrogen and oxygen atoms in total. The highest BCUT2D eigenvalue weighted by Gasteiger charge is 2.54. The van der Waals surface area contributed by atoms with Crippen molar-refractivity contribution in [3.05, 3.63) is 28.8 Å². The van der Waals surface area contributed by atoms with E-state index >= 15 is 0 Å². The number of nitrogens with zero attached hydrogens (tertiary/aromatic N) is 1. The van der Waals surface area contributed by atoms with Crippen molar-refractivity contribution in [2.45, 2.75) is 57.4 Å². The van der Waals surface area contributed by atoms with Gasteiger partial charge in [0, 0.05) is 29.6 Å². The fraction of sp³-hybridized carbons (Fsp3) is 0.667. The molecular weight excluding hydrogens is 400 g/mol. The minimum Gasteiger partial charge on any atom is -0.496 e. The Morgan fingerprint density at radius 1 is 1.07 bits per heavy atom. The molecule has 0 unspecified atom stereocenters. The van der Waals surface area contributed by atoms with Gasteiger partial charge in [-0.15, -0.1) is 0 Å². The summed E-state index contributed by atoms with van der Waals surface area (Å²) in [5.74, 6) is 3.10. The molecule has 0 radical (unpaired) electrons. The Balaban J connectivity index is 1.19. The van der Waals surface area contributed by atoms with E-state index in [0.29, 0.717) is 35.3 Å². The lowest BCUT2D eigenvalue weighted by Gasteiger charge is -2.56. The predicted octanol–water partition coefficient (Wildman–Crippen LogP) is 4.29. The smallest absolute Gasteiger partial charge is 0.257 e. The maximum Gasteiger partial charge on any atom is 0.257 e. The van der Waals surface area contributed by atoms with Crippen molar-refractivity contribution in [1.82, 2.24) is 10.2 Å². The number of benzene rings is 1. The first-order valence-corrected chi connectivity index (χ1v) is 11.8. The van der Waals surface area contributed by atoms with Gasteiger partial charge >= 0.3 is 0 Å². The molecule has 1 aromatic carbocycles. The summed E-state index contributed by atoms with van der Waals surface area (Å²) < 4.78 is 5.34. The van der Waals surface area contributed by atoms with Gasteiger partial charge in [0.2, 0.25) is 5.91 Å². The van der Waals surface area contributed by atoms with E-state index < -0.39 is 0 Å². The molecule has 30 heavy (non-hydrogen) atoms. The third kappa shape index (κ3) is 3.59. The molecule has 0 spiro atoms. The van der Waals surface area contributed by atoms with Crippen LogP contribution in [0.5, 0.6) is 5.75 Å². The summed E-state index contributed by atoms with van der Waals surface area (Å²) in [5.41, 5.74) is 0.400. The fourth-order valence-corrected chi connectivity index (χ4v) is 7.14. The number of methoxy groups -OCH3 is 1. The third-order valence-corrected chi connectivity index (χ3v) is 8.26. The van der Waals surface area contributed by atoms with Gasteiger partial charge < -0.3 is 15.0 Å². The van der Waals surface area contributed by atoms with Crippen molar-refractivity contribution in [2.24, 2.45) is 23.2 Å². The van der Waals surface area contributed by atoms with E-state index in [4.69, 9.17) is 16.3 Å². The van der Waals surface area contributed by atoms with Crippen molar-refractivity contribution >= 4 is 23.4 Å². The molecule has 1 N–H and O–H groups in total. The van der Waals surface area contributed by atoms with E-state index in [2.05, 4.69) is 5.32 Å². The number of carbonyl (C=O) groups excluding carboxylic acids is 2. The van der Waals surface area contributed by atoms with Gasteiger partial charge in [-0.25, -0.2) is 0 Å². The van der Waals surface area contributed by atoms with Crippen LogP contribution in [0, 0.1) is 23.2 Å². The van der Waals surface area contributed by atoms with Gasteiger partial charge in [-0.05, 0) is 87.3 Å². The molecule has 1 heterocycles. The molecule has 4 bridgehead atoms. The molecule has 6 heteroatoms. The molecule has 1 aromatic rings. The van der Waals surface area contributed by atoms with Gasteiger partial charge in [0.05, 0.1) is 12.7 Å². The third-order valence-electron chi connectivity index (χ3n) is 8.03. The summed E-state index contributed by atoms with van der Waals surface area (Å²) in [6.45, 7) is 1.28. The van der Waals surface area contributed by atoms with Crippen molar-refractivity contribution in [2.75, 3.05) is 20.2 Å². The average molecular weight is 431 g/mol. The first kappa shape index (κ1) is 20.2. The second-order valence-corrected chi connectivity index (χ2v) is 10.5. The Bertz CT molecular complexity index is 812. The zero-order chi connectivity index (χ0) is 20.9. The lowest BCUT2D eigenvalue weighted by Crippen LogP contribution is -2.56. The van der Waals surface area contributed by atoms with Gasteiger partial charge in [-0.3, -0.25) is 9.59 Å². The van der Waals surface area contributed by atoms with E-state index in [9.17, 15) is 9.59 Å². The number of hydrogen-bond acceptors (Lipinski definition) is 3. The molecule has 5 aliphatic rings. The number of carbonyl (C=O) groups is 2. The maximum atomic E-state index is 13.3. The number of hydrogen-bond donors (Lipinski definition) is 1. The molecule has 1 saturated heterocycles. The van der Waals surface area contributed by atoms with Crippen LogP contribution in [-0.4, -0.2) is 43.0 Å². The van der Waals surface area contributed by atoms with Crippen molar-refractivity contribution in [1.29, 1.82) is 0 Å². The van der Waals surface area contributed by atoms with Crippen LogP contribution < -0.4 is 10.1 Å². The van der Waals surface area contributed by atoms with Crippen LogP contribution in [0.3, 0.4) is 0 Å². The molecule has 0 atom stereocenters. The summed E-state index contributed by atoms with van der Waals surface area (Å²) in [5, 5.41) is 3.91. The van der Waals surface area contributed by atoms with Crippen molar-refractivity contribution in [3.63, 3.8) is 0 Å². The topological polar surface area (TPSA) is 58.6 Å². The first-order chi connectivity index (χ1) is 14.5. The minimum absolute atomic E-state index is 0.0554. The van der Waals surface area contributed by atoms with Crippen LogP contribution >= 0.6 is 11.6 Å². The zero-order valence-electron chi connectivity index (χ0n) is 17.7. The standard InChI is InChI=1S/C24H31ClN2O3/c1-30-21-3-2-18(25)11-20(21)22(28)27-6-4-19(5-7-27)26-23(29)24-12-15-8-16(13-24)10-17(9-15)14-24/h2-3,11,15-17,19H,4-10,12-14H2,1H3,(H,26,29). The molecular formula is C24H31ClN2O3. The maximum absolute atomic E-state index is 13.3. The summed E-state index contributed by atoms with van der Waals surface area (Å²) in [6, 6.07) is 5.29. The van der Waals surface area contributed by atoms with E-state index in [0.717, 1.165) is 49.9 Å². The number of nitrogens with one attached hydrogen (secondary N) is 1. The Morgan fingerprint density at radius 3 is 2.23 bits per heavy atom. The highest BCUT2D eigenvalue weighted by atomic mass is 35.5. The summed E-state index contributed by atoms with van der Waals surface area (Å²) in [7, 11) is 1.56. The van der Waals surface area contributed by atoms with Gasteiger partial charge in [0.1, 0.15) is 5.75 Å². The molecule has 6 rings (SSSR count). The summed E-state index contributed by atoms with van der Waals surface area (Å²) >= 11 is 6.09. The number of halogens is 1. The largest absolute Gasteiger partial charge is 0.496 e. The van der Waals surface area contributed by atoms with Crippen LogP contribution in [0.2, 0.25) is 5.02 Å². The lowest BCUT2D eigenvalue weighted by molar-refractivity contribution is -0.147. The van der Waals surface area contributed by atoms with Gasteiger partial charge in [-0.1, -0.05) is 11.6 Å². The number of amides is 2. The average Bonchev–Trinajstić information content (AvgIpc) is 2.73. The van der Waals surface area contributed by atoms with Crippen LogP contribution in [0.1, 0.15) is 61.7 Å². The minimum atomic E-state index is -0.101. The lowest BCUT2D eigenvalue weighted by atomic mass is 9.49. The number of rotatable bonds is 4. The zero-order valence-corrected chi connectivity index (χ0v) is 18.4. The molecule has 4 saturated carbocycles. The second-order valence-electron chi connectivity index (χ2n) is 10.1. The Morgan fingerprint density at radius 2 is 1.67 bits per heavy atom. The van der Waals surface area contributed by atoms with Crippen molar-refractivity contribution < 1.29 is 14.3 Å². The SMILES string of the molecule is COc1ccc(Cl)cc1C(=O)N1CCC(NC(=O)C23CC4CC(CC(C4)C2)C3)CC1. The number of piperidine rings is 1. The Kier molecular flexibility index (Phi) is 5.20. The van der Waals surface area contributed by atoms with Gasteiger partial charge in [-0.2, -0.15) is 0 Å². The van der Waals surface area contributed by atoms with Gasteiger partial charge in [0.25, 0.3) is 5.91 Å². The highest BCUT2D eigenvalue weighted by molar-refractivity contribution is 6.31. The van der Waals surface area contributed by atoms with E-state index in [1.54, 1.807) is 25.3 Å². The van der Waals surface area contributed by atoms with E-state index in [-0.39, 0.29) is 17.4 Å². The quantitative estimate of drug-likeness (QED) is 0.775. The molecule has 0 aromatic heterocycles. The number of ether oxygens (including phenoxy) is 1. The van der Waals surface area contributed by atoms with E-state index in [1.165, 1.54) is 19.3 Å². The first-order valence-electron chi connectivity index (χ1n) is 11.4. The highest BCUT2D eigenvalue weighted by Crippen LogP contribution is 2.60. The Labute approximate surface area is 183 Å². The van der Waals surface area contributed by atoms with Crippen LogP contribution in [0.25, 0.3) is 0 Å². The second kappa shape index (κ2) is 7.74. The fourth-order valence-electron chi connectivity index (χ4n) is 6.97. The van der Waals surface area contributed by atoms with Crippen LogP contribution in [0.4, 0.5) is 0 Å². The Hall–Kier alpha value is -1.75. The normalized spacial score (nSPS) is 32.9. The molecule has 1 aliphatic heterocycles. The molecule has 162 valence electrons. The summed E-state index contributed by atoms with van der Waals surface area (Å²) in [4.78, 5) is 28.1. The molecule has 2 amide bonds. The molecule has 4 aliphatic carbocycles. The molecule has 5 fully saturated rings. The number of likely N-dealkylation sites (tertiary alicyclic amines) is 1. The van der Waals surface area contributed by atoms with Crippen LogP contribution in [-0.2, 0) is 4.79 Å². The van der Waals surface area contributed by atoms with Gasteiger partial charge in [0.15, 0.2) is 0 Å². The monoisotopic (exact) mass is 430 g/mol. The van der Waals surface area contributed by atoms with E-state index in [1.807, 2.05) is 4.90 Å². The summed E-state index contributed by atoms with van der Waals surface area (Å²) in [6.07, 6.45) is 8.92. The van der Waals surface area contributed by atoms with Crippen molar-refractivity contribution in [3.8, 4) is 5.75 Å². The predicted molar refractivity (Wildman–Crippen MR) is 116 cm³/mol. The van der Waals surface area contributed by atoms with Crippen LogP contribution in [0.15, 0.2) is 18.2 Å².